The molecule has 1 aromatic carbocycles. The summed E-state index contributed by atoms with van der Waals surface area (Å²) in [5, 5.41) is 14.9. The van der Waals surface area contributed by atoms with Crippen molar-refractivity contribution in [3.63, 3.8) is 0 Å². The first-order valence-corrected chi connectivity index (χ1v) is 7.05. The minimum absolute atomic E-state index is 0. The van der Waals surface area contributed by atoms with Gasteiger partial charge in [-0.2, -0.15) is 0 Å². The molecule has 0 amide bonds. The fraction of sp³-hybridized carbons (Fsp3) is 0.571. The van der Waals surface area contributed by atoms with Crippen LogP contribution in [0.1, 0.15) is 44.8 Å². The molecule has 108 valence electrons. The molecule has 0 saturated carbocycles. The molecule has 0 radical (unpaired) electrons. The van der Waals surface area contributed by atoms with Gasteiger partial charge in [-0.25, -0.2) is 0 Å². The SMILES string of the molecule is CC1(C)CCCC(C(O)c2ccc(Cl)c(Cl)c2)N1.Cl. The van der Waals surface area contributed by atoms with E-state index in [-0.39, 0.29) is 24.0 Å². The highest BCUT2D eigenvalue weighted by atomic mass is 35.5. The molecule has 19 heavy (non-hydrogen) atoms. The second-order valence-corrected chi connectivity index (χ2v) is 6.46. The number of hydrogen-bond acceptors (Lipinski definition) is 2. The maximum atomic E-state index is 10.4. The fourth-order valence-electron chi connectivity index (χ4n) is 2.58. The largest absolute Gasteiger partial charge is 0.387 e. The van der Waals surface area contributed by atoms with E-state index in [4.69, 9.17) is 23.2 Å². The van der Waals surface area contributed by atoms with Crippen LogP contribution in [0, 0.1) is 0 Å². The van der Waals surface area contributed by atoms with Crippen molar-refractivity contribution in [1.29, 1.82) is 0 Å². The summed E-state index contributed by atoms with van der Waals surface area (Å²) in [4.78, 5) is 0. The fourth-order valence-corrected chi connectivity index (χ4v) is 2.88. The van der Waals surface area contributed by atoms with Crippen LogP contribution in [0.5, 0.6) is 0 Å². The van der Waals surface area contributed by atoms with Gasteiger partial charge in [0.25, 0.3) is 0 Å². The number of aliphatic hydroxyl groups is 1. The molecule has 1 aliphatic heterocycles. The Morgan fingerprint density at radius 1 is 1.32 bits per heavy atom. The summed E-state index contributed by atoms with van der Waals surface area (Å²) in [6, 6.07) is 5.39. The van der Waals surface area contributed by atoms with Crippen LogP contribution in [0.2, 0.25) is 10.0 Å². The lowest BCUT2D eigenvalue weighted by Gasteiger charge is -2.39. The zero-order valence-corrected chi connectivity index (χ0v) is 13.4. The lowest BCUT2D eigenvalue weighted by molar-refractivity contribution is 0.0844. The highest BCUT2D eigenvalue weighted by molar-refractivity contribution is 6.42. The van der Waals surface area contributed by atoms with E-state index in [0.717, 1.165) is 24.8 Å². The summed E-state index contributed by atoms with van der Waals surface area (Å²) >= 11 is 11.9. The van der Waals surface area contributed by atoms with Gasteiger partial charge in [-0.05, 0) is 50.8 Å². The van der Waals surface area contributed by atoms with Gasteiger partial charge < -0.3 is 10.4 Å². The Bertz CT molecular complexity index is 437. The maximum absolute atomic E-state index is 10.4. The third-order valence-electron chi connectivity index (χ3n) is 3.56. The number of aliphatic hydroxyl groups excluding tert-OH is 1. The molecule has 0 aliphatic carbocycles. The topological polar surface area (TPSA) is 32.3 Å². The number of rotatable bonds is 2. The quantitative estimate of drug-likeness (QED) is 0.846. The number of benzene rings is 1. The summed E-state index contributed by atoms with van der Waals surface area (Å²) in [6.45, 7) is 4.33. The van der Waals surface area contributed by atoms with Crippen LogP contribution >= 0.6 is 35.6 Å². The minimum Gasteiger partial charge on any atom is -0.387 e. The van der Waals surface area contributed by atoms with Crippen molar-refractivity contribution in [1.82, 2.24) is 5.32 Å². The van der Waals surface area contributed by atoms with Crippen LogP contribution in [0.3, 0.4) is 0 Å². The third kappa shape index (κ3) is 4.24. The van der Waals surface area contributed by atoms with Gasteiger partial charge in [0, 0.05) is 11.6 Å². The lowest BCUT2D eigenvalue weighted by Crippen LogP contribution is -2.51. The summed E-state index contributed by atoms with van der Waals surface area (Å²) in [6.07, 6.45) is 2.70. The van der Waals surface area contributed by atoms with Crippen molar-refractivity contribution in [3.8, 4) is 0 Å². The molecule has 1 aromatic rings. The Kier molecular flexibility index (Phi) is 5.96. The number of nitrogens with one attached hydrogen (secondary N) is 1. The van der Waals surface area contributed by atoms with E-state index in [1.54, 1.807) is 12.1 Å². The van der Waals surface area contributed by atoms with E-state index < -0.39 is 6.10 Å². The number of piperidine rings is 1. The molecule has 1 aliphatic rings. The predicted octanol–water partition coefficient (Wildman–Crippen LogP) is 4.37. The van der Waals surface area contributed by atoms with Gasteiger partial charge in [0.05, 0.1) is 16.1 Å². The van der Waals surface area contributed by atoms with Crippen LogP contribution in [0.25, 0.3) is 0 Å². The van der Waals surface area contributed by atoms with Crippen LogP contribution < -0.4 is 5.32 Å². The van der Waals surface area contributed by atoms with Crippen molar-refractivity contribution in [2.24, 2.45) is 0 Å². The lowest BCUT2D eigenvalue weighted by atomic mass is 9.86. The van der Waals surface area contributed by atoms with Gasteiger partial charge in [-0.15, -0.1) is 12.4 Å². The Morgan fingerprint density at radius 3 is 2.58 bits per heavy atom. The summed E-state index contributed by atoms with van der Waals surface area (Å²) < 4.78 is 0. The average Bonchev–Trinajstić information content (AvgIpc) is 2.30. The maximum Gasteiger partial charge on any atom is 0.0943 e. The molecule has 1 saturated heterocycles. The average molecular weight is 325 g/mol. The standard InChI is InChI=1S/C14H19Cl2NO.ClH/c1-14(2)7-3-4-12(17-14)13(18)9-5-6-10(15)11(16)8-9;/h5-6,8,12-13,17-18H,3-4,7H2,1-2H3;1H. The van der Waals surface area contributed by atoms with Crippen LogP contribution in [-0.2, 0) is 0 Å². The van der Waals surface area contributed by atoms with Crippen LogP contribution in [0.4, 0.5) is 0 Å². The van der Waals surface area contributed by atoms with E-state index in [2.05, 4.69) is 19.2 Å². The Morgan fingerprint density at radius 2 is 2.00 bits per heavy atom. The molecule has 0 spiro atoms. The van der Waals surface area contributed by atoms with Gasteiger partial charge in [0.1, 0.15) is 0 Å². The second-order valence-electron chi connectivity index (χ2n) is 5.65. The Balaban J connectivity index is 0.00000180. The van der Waals surface area contributed by atoms with Gasteiger partial charge in [-0.3, -0.25) is 0 Å². The minimum atomic E-state index is -0.542. The molecule has 1 fully saturated rings. The highest BCUT2D eigenvalue weighted by Gasteiger charge is 2.31. The van der Waals surface area contributed by atoms with E-state index >= 15 is 0 Å². The zero-order valence-electron chi connectivity index (χ0n) is 11.1. The third-order valence-corrected chi connectivity index (χ3v) is 4.30. The van der Waals surface area contributed by atoms with Crippen molar-refractivity contribution in [3.05, 3.63) is 33.8 Å². The van der Waals surface area contributed by atoms with Crippen molar-refractivity contribution in [2.45, 2.75) is 50.8 Å². The molecule has 2 nitrogen and oxygen atoms in total. The first kappa shape index (κ1) is 17.1. The Hall–Kier alpha value is 0.01000. The monoisotopic (exact) mass is 323 g/mol. The summed E-state index contributed by atoms with van der Waals surface area (Å²) in [7, 11) is 0. The van der Waals surface area contributed by atoms with Crippen molar-refractivity contribution >= 4 is 35.6 Å². The normalized spacial score (nSPS) is 23.5. The summed E-state index contributed by atoms with van der Waals surface area (Å²) in [5.74, 6) is 0. The molecule has 1 heterocycles. The zero-order chi connectivity index (χ0) is 13.3. The van der Waals surface area contributed by atoms with E-state index in [0.29, 0.717) is 10.0 Å². The smallest absolute Gasteiger partial charge is 0.0943 e. The van der Waals surface area contributed by atoms with E-state index in [1.807, 2.05) is 6.07 Å². The molecule has 2 N–H and O–H groups in total. The molecule has 2 unspecified atom stereocenters. The first-order chi connectivity index (χ1) is 8.39. The van der Waals surface area contributed by atoms with Crippen molar-refractivity contribution < 1.29 is 5.11 Å². The Labute approximate surface area is 130 Å². The highest BCUT2D eigenvalue weighted by Crippen LogP contribution is 2.31. The van der Waals surface area contributed by atoms with Gasteiger partial charge in [-0.1, -0.05) is 29.3 Å². The molecular weight excluding hydrogens is 305 g/mol. The van der Waals surface area contributed by atoms with Crippen molar-refractivity contribution in [2.75, 3.05) is 0 Å². The molecule has 0 aromatic heterocycles. The molecule has 5 heteroatoms. The van der Waals surface area contributed by atoms with Crippen LogP contribution in [0.15, 0.2) is 18.2 Å². The predicted molar refractivity (Wildman–Crippen MR) is 83.5 cm³/mol. The molecule has 0 bridgehead atoms. The van der Waals surface area contributed by atoms with E-state index in [9.17, 15) is 5.11 Å². The summed E-state index contributed by atoms with van der Waals surface area (Å²) in [5.41, 5.74) is 0.903. The molecule has 2 rings (SSSR count). The van der Waals surface area contributed by atoms with Gasteiger partial charge in [0.15, 0.2) is 0 Å². The first-order valence-electron chi connectivity index (χ1n) is 6.30. The number of halogens is 3. The second kappa shape index (κ2) is 6.64. The molecule has 2 atom stereocenters. The molecular formula is C14H20Cl3NO. The van der Waals surface area contributed by atoms with Gasteiger partial charge >= 0.3 is 0 Å². The van der Waals surface area contributed by atoms with E-state index in [1.165, 1.54) is 0 Å². The number of hydrogen-bond donors (Lipinski definition) is 2. The van der Waals surface area contributed by atoms with Crippen LogP contribution in [-0.4, -0.2) is 16.7 Å². The van der Waals surface area contributed by atoms with Gasteiger partial charge in [0.2, 0.25) is 0 Å².